The van der Waals surface area contributed by atoms with E-state index in [1.54, 1.807) is 65.8 Å². The first kappa shape index (κ1) is 56.5. The third-order valence-electron chi connectivity index (χ3n) is 10.5. The van der Waals surface area contributed by atoms with Gasteiger partial charge in [0.25, 0.3) is 11.8 Å². The van der Waals surface area contributed by atoms with Gasteiger partial charge in [-0.05, 0) is 85.6 Å². The molecule has 2 fully saturated rings. The van der Waals surface area contributed by atoms with E-state index < -0.39 is 70.7 Å². The third kappa shape index (κ3) is 13.4. The van der Waals surface area contributed by atoms with Crippen molar-refractivity contribution in [2.75, 3.05) is 9.80 Å². The molecule has 67 heavy (non-hydrogen) atoms. The number of carbonyl (C=O) groups excluding carboxylic acids is 4. The monoisotopic (exact) mass is 1210 g/mol. The molecule has 0 aliphatic carbocycles. The lowest BCUT2D eigenvalue weighted by atomic mass is 9.87. The first-order chi connectivity index (χ1) is 30.6. The lowest BCUT2D eigenvalue weighted by molar-refractivity contribution is -0.194. The van der Waals surface area contributed by atoms with E-state index >= 15 is 0 Å². The SMILES string of the molecule is BrCc1ccc(Br)cc1.CC(C)(C)[C@@H]1N(c2cc(Cl)cc(Cl)c2)C(=O)[C@@](C)(Cc2ccc(Br)cc2)N1C(=O)C(F)(F)F.C[C@@H]1C(=O)N(c2cc(Cl)cc(Cl)c2)[C@@H](C(C)(C)C)N1C(=O)C(F)(F)F. The van der Waals surface area contributed by atoms with Crippen molar-refractivity contribution < 1.29 is 45.5 Å². The van der Waals surface area contributed by atoms with Crippen molar-refractivity contribution in [3.05, 3.63) is 125 Å². The molecule has 2 aliphatic rings. The Morgan fingerprint density at radius 2 is 0.985 bits per heavy atom. The Balaban J connectivity index is 0.000000253. The molecule has 364 valence electrons. The number of rotatable bonds is 5. The number of carbonyl (C=O) groups is 4. The van der Waals surface area contributed by atoms with Crippen molar-refractivity contribution >= 4 is 129 Å². The Hall–Kier alpha value is -3.06. The zero-order valence-corrected chi connectivity index (χ0v) is 44.8. The zero-order chi connectivity index (χ0) is 50.9. The summed E-state index contributed by atoms with van der Waals surface area (Å²) < 4.78 is 82.5. The summed E-state index contributed by atoms with van der Waals surface area (Å²) in [5.74, 6) is -5.41. The van der Waals surface area contributed by atoms with Crippen LogP contribution in [0.25, 0.3) is 0 Å². The number of benzene rings is 4. The topological polar surface area (TPSA) is 81.2 Å². The fourth-order valence-corrected chi connectivity index (χ4v) is 9.67. The van der Waals surface area contributed by atoms with Crippen molar-refractivity contribution in [3.63, 3.8) is 0 Å². The molecule has 6 rings (SSSR count). The van der Waals surface area contributed by atoms with Crippen molar-refractivity contribution in [3.8, 4) is 0 Å². The fraction of sp³-hybridized carbons (Fsp3) is 0.391. The number of hydrogen-bond donors (Lipinski definition) is 0. The Morgan fingerprint density at radius 3 is 1.34 bits per heavy atom. The van der Waals surface area contributed by atoms with Crippen LogP contribution in [0.5, 0.6) is 0 Å². The minimum atomic E-state index is -5.17. The molecule has 4 amide bonds. The van der Waals surface area contributed by atoms with E-state index in [4.69, 9.17) is 46.4 Å². The van der Waals surface area contributed by atoms with Gasteiger partial charge in [-0.2, -0.15) is 26.3 Å². The van der Waals surface area contributed by atoms with Crippen LogP contribution in [0.2, 0.25) is 20.1 Å². The number of nitrogens with zero attached hydrogens (tertiary/aromatic N) is 4. The molecule has 4 atom stereocenters. The van der Waals surface area contributed by atoms with Crippen LogP contribution in [0.1, 0.15) is 66.5 Å². The van der Waals surface area contributed by atoms with Gasteiger partial charge in [-0.1, -0.05) is 160 Å². The molecule has 0 unspecified atom stereocenters. The van der Waals surface area contributed by atoms with Gasteiger partial charge >= 0.3 is 24.2 Å². The smallest absolute Gasteiger partial charge is 0.302 e. The second kappa shape index (κ2) is 21.5. The second-order valence-electron chi connectivity index (χ2n) is 18.0. The minimum Gasteiger partial charge on any atom is -0.302 e. The molecule has 21 heteroatoms. The van der Waals surface area contributed by atoms with E-state index in [9.17, 15) is 45.5 Å². The minimum absolute atomic E-state index is 0.113. The van der Waals surface area contributed by atoms with Crippen LogP contribution in [0.15, 0.2) is 93.9 Å². The summed E-state index contributed by atoms with van der Waals surface area (Å²) in [5.41, 5.74) is -1.24. The van der Waals surface area contributed by atoms with E-state index in [1.165, 1.54) is 60.7 Å². The van der Waals surface area contributed by atoms with E-state index in [1.807, 2.05) is 12.1 Å². The van der Waals surface area contributed by atoms with Gasteiger partial charge in [0.2, 0.25) is 0 Å². The predicted molar refractivity (Wildman–Crippen MR) is 263 cm³/mol. The lowest BCUT2D eigenvalue weighted by Crippen LogP contribution is -2.59. The number of amides is 4. The van der Waals surface area contributed by atoms with Crippen LogP contribution >= 0.6 is 94.2 Å². The van der Waals surface area contributed by atoms with Gasteiger partial charge in [0, 0.05) is 63.0 Å². The maximum Gasteiger partial charge on any atom is 0.471 e. The van der Waals surface area contributed by atoms with E-state index in [2.05, 4.69) is 59.9 Å². The van der Waals surface area contributed by atoms with Gasteiger partial charge in [0.05, 0.1) is 0 Å². The van der Waals surface area contributed by atoms with Crippen molar-refractivity contribution in [1.82, 2.24) is 9.80 Å². The van der Waals surface area contributed by atoms with Crippen molar-refractivity contribution in [2.45, 2.75) is 103 Å². The second-order valence-corrected chi connectivity index (χ2v) is 22.2. The maximum absolute atomic E-state index is 13.9. The molecule has 4 aromatic carbocycles. The van der Waals surface area contributed by atoms with Gasteiger partial charge in [0.1, 0.15) is 23.9 Å². The molecular formula is C46H45Br3Cl4F6N4O4. The third-order valence-corrected chi connectivity index (χ3v) is 13.1. The van der Waals surface area contributed by atoms with Crippen LogP contribution < -0.4 is 9.80 Å². The van der Waals surface area contributed by atoms with Gasteiger partial charge < -0.3 is 4.90 Å². The highest BCUT2D eigenvalue weighted by atomic mass is 79.9. The highest BCUT2D eigenvalue weighted by Crippen LogP contribution is 2.47. The highest BCUT2D eigenvalue weighted by molar-refractivity contribution is 9.10. The number of hydrogen-bond acceptors (Lipinski definition) is 4. The first-order valence-corrected chi connectivity index (χ1v) is 24.3. The average Bonchev–Trinajstić information content (AvgIpc) is 3.60. The zero-order valence-electron chi connectivity index (χ0n) is 37.1. The molecule has 2 aliphatic heterocycles. The molecule has 0 spiro atoms. The van der Waals surface area contributed by atoms with Gasteiger partial charge in [0.15, 0.2) is 0 Å². The summed E-state index contributed by atoms with van der Waals surface area (Å²) in [7, 11) is 0. The molecule has 4 aromatic rings. The Bertz CT molecular complexity index is 2430. The summed E-state index contributed by atoms with van der Waals surface area (Å²) in [5, 5.41) is 1.83. The molecule has 0 aromatic heterocycles. The number of halogens is 13. The summed E-state index contributed by atoms with van der Waals surface area (Å²) in [6.07, 6.45) is -12.8. The number of alkyl halides is 7. The lowest BCUT2D eigenvalue weighted by Gasteiger charge is -2.42. The molecule has 2 heterocycles. The van der Waals surface area contributed by atoms with Crippen molar-refractivity contribution in [1.29, 1.82) is 0 Å². The average molecular weight is 1210 g/mol. The molecule has 0 bridgehead atoms. The Morgan fingerprint density at radius 1 is 0.612 bits per heavy atom. The van der Waals surface area contributed by atoms with E-state index in [0.29, 0.717) is 15.4 Å². The summed E-state index contributed by atoms with van der Waals surface area (Å²) in [4.78, 5) is 55.0. The number of anilines is 2. The molecule has 8 nitrogen and oxygen atoms in total. The van der Waals surface area contributed by atoms with Crippen LogP contribution in [0, 0.1) is 10.8 Å². The van der Waals surface area contributed by atoms with E-state index in [-0.39, 0.29) is 37.9 Å². The maximum atomic E-state index is 13.9. The molecule has 2 saturated heterocycles. The van der Waals surface area contributed by atoms with Crippen LogP contribution in [0.4, 0.5) is 37.7 Å². The normalized spacial score (nSPS) is 20.1. The fourth-order valence-electron chi connectivity index (χ4n) is 7.74. The standard InChI is InChI=1S/C23H22BrCl2F3N2O2.C16H17Cl2F3N2O2.C7H6Br2/c1-21(2,3)18-30(17-10-15(25)9-16(26)11-17)19(32)22(4,31(18)20(33)23(27,28)29)12-13-5-7-14(24)8-6-13;1-8-12(24)23(11-6-9(17)5-10(18)7-11)13(15(2,3)4)22(8)14(25)16(19,20)21;8-5-6-1-3-7(9)4-2-6/h5-11,18H,12H2,1-4H3;5-8,13H,1-4H3;1-4H,5H2/t18-,22-;8-,13+;/m11./s1. The Labute approximate surface area is 430 Å². The van der Waals surface area contributed by atoms with Crippen LogP contribution in [-0.4, -0.2) is 69.7 Å². The van der Waals surface area contributed by atoms with Crippen LogP contribution in [0.3, 0.4) is 0 Å². The van der Waals surface area contributed by atoms with Gasteiger partial charge in [-0.15, -0.1) is 0 Å². The molecule has 0 radical (unpaired) electrons. The Kier molecular flexibility index (Phi) is 18.2. The molecule has 0 N–H and O–H groups in total. The largest absolute Gasteiger partial charge is 0.471 e. The van der Waals surface area contributed by atoms with Crippen molar-refractivity contribution in [2.24, 2.45) is 10.8 Å². The summed E-state index contributed by atoms with van der Waals surface area (Å²) >= 11 is 34.2. The summed E-state index contributed by atoms with van der Waals surface area (Å²) in [6, 6.07) is 22.5. The van der Waals surface area contributed by atoms with E-state index in [0.717, 1.165) is 19.2 Å². The van der Waals surface area contributed by atoms with Gasteiger partial charge in [-0.3, -0.25) is 33.9 Å². The predicted octanol–water partition coefficient (Wildman–Crippen LogP) is 14.7. The molecule has 0 saturated carbocycles. The molecular weight excluding hydrogens is 1170 g/mol. The first-order valence-electron chi connectivity index (χ1n) is 20.1. The van der Waals surface area contributed by atoms with Gasteiger partial charge in [-0.25, -0.2) is 0 Å². The highest BCUT2D eigenvalue weighted by Gasteiger charge is 2.64. The quantitative estimate of drug-likeness (QED) is 0.147. The van der Waals surface area contributed by atoms with Crippen LogP contribution in [-0.2, 0) is 30.9 Å². The summed E-state index contributed by atoms with van der Waals surface area (Å²) in [6.45, 7) is 12.6.